The summed E-state index contributed by atoms with van der Waals surface area (Å²) in [7, 11) is 0. The molecule has 8 heteroatoms. The normalized spacial score (nSPS) is 12.5. The van der Waals surface area contributed by atoms with Crippen molar-refractivity contribution in [3.63, 3.8) is 0 Å². The first-order valence-corrected chi connectivity index (χ1v) is 7.38. The number of hydrogen-bond acceptors (Lipinski definition) is 5. The Morgan fingerprint density at radius 1 is 1.27 bits per heavy atom. The predicted molar refractivity (Wildman–Crippen MR) is 86.9 cm³/mol. The summed E-state index contributed by atoms with van der Waals surface area (Å²) < 4.78 is 1.66. The molecule has 114 valence electrons. The number of aliphatic hydroxyl groups is 1. The van der Waals surface area contributed by atoms with Crippen LogP contribution in [0.25, 0.3) is 16.7 Å². The SMILES string of the molecule is C[C@@H](O)CNc1ncnc2c1cnn2-c1ccc(Cl)c(Cl)c1. The van der Waals surface area contributed by atoms with Crippen LogP contribution >= 0.6 is 23.2 Å². The fourth-order valence-electron chi connectivity index (χ4n) is 2.04. The van der Waals surface area contributed by atoms with Gasteiger partial charge in [0, 0.05) is 6.54 Å². The number of rotatable bonds is 4. The first-order valence-electron chi connectivity index (χ1n) is 6.62. The Bertz CT molecular complexity index is 818. The number of aromatic nitrogens is 4. The third-order valence-corrected chi connectivity index (χ3v) is 3.82. The molecule has 0 amide bonds. The van der Waals surface area contributed by atoms with Crippen molar-refractivity contribution in [1.29, 1.82) is 0 Å². The topological polar surface area (TPSA) is 75.9 Å². The Morgan fingerprint density at radius 3 is 2.82 bits per heavy atom. The second-order valence-electron chi connectivity index (χ2n) is 4.84. The molecular weight excluding hydrogens is 325 g/mol. The average Bonchev–Trinajstić information content (AvgIpc) is 2.92. The summed E-state index contributed by atoms with van der Waals surface area (Å²) in [6.07, 6.45) is 2.64. The van der Waals surface area contributed by atoms with Gasteiger partial charge in [0.1, 0.15) is 12.1 Å². The zero-order valence-electron chi connectivity index (χ0n) is 11.7. The molecule has 0 aliphatic heterocycles. The van der Waals surface area contributed by atoms with Crippen LogP contribution in [0.15, 0.2) is 30.7 Å². The smallest absolute Gasteiger partial charge is 0.168 e. The fourth-order valence-corrected chi connectivity index (χ4v) is 2.33. The molecule has 1 aromatic carbocycles. The summed E-state index contributed by atoms with van der Waals surface area (Å²) in [5.41, 5.74) is 1.39. The van der Waals surface area contributed by atoms with Crippen molar-refractivity contribution in [2.24, 2.45) is 0 Å². The van der Waals surface area contributed by atoms with Gasteiger partial charge in [0.2, 0.25) is 0 Å². The minimum absolute atomic E-state index is 0.393. The molecule has 22 heavy (non-hydrogen) atoms. The highest BCUT2D eigenvalue weighted by Gasteiger charge is 2.12. The lowest BCUT2D eigenvalue weighted by molar-refractivity contribution is 0.208. The summed E-state index contributed by atoms with van der Waals surface area (Å²) in [4.78, 5) is 8.45. The lowest BCUT2D eigenvalue weighted by Crippen LogP contribution is -2.16. The molecule has 6 nitrogen and oxygen atoms in total. The second-order valence-corrected chi connectivity index (χ2v) is 5.66. The Morgan fingerprint density at radius 2 is 2.09 bits per heavy atom. The number of nitrogens with one attached hydrogen (secondary N) is 1. The van der Waals surface area contributed by atoms with E-state index in [0.29, 0.717) is 28.1 Å². The standard InChI is InChI=1S/C14H13Cl2N5O/c1-8(22)5-17-13-10-6-20-21(14(10)19-7-18-13)9-2-3-11(15)12(16)4-9/h2-4,6-8,22H,5H2,1H3,(H,17,18,19)/t8-/m1/s1. The Balaban J connectivity index is 2.05. The quantitative estimate of drug-likeness (QED) is 0.765. The maximum atomic E-state index is 9.37. The van der Waals surface area contributed by atoms with E-state index in [2.05, 4.69) is 20.4 Å². The number of halogens is 2. The zero-order chi connectivity index (χ0) is 15.7. The van der Waals surface area contributed by atoms with E-state index in [9.17, 15) is 5.11 Å². The highest BCUT2D eigenvalue weighted by molar-refractivity contribution is 6.42. The van der Waals surface area contributed by atoms with Crippen LogP contribution in [-0.4, -0.2) is 37.5 Å². The van der Waals surface area contributed by atoms with E-state index in [1.807, 2.05) is 6.07 Å². The third-order valence-electron chi connectivity index (χ3n) is 3.08. The molecule has 0 radical (unpaired) electrons. The van der Waals surface area contributed by atoms with E-state index in [1.54, 1.807) is 29.9 Å². The molecule has 0 saturated carbocycles. The maximum Gasteiger partial charge on any atom is 0.168 e. The zero-order valence-corrected chi connectivity index (χ0v) is 13.2. The molecule has 0 unspecified atom stereocenters. The van der Waals surface area contributed by atoms with Gasteiger partial charge in [-0.15, -0.1) is 0 Å². The van der Waals surface area contributed by atoms with Gasteiger partial charge in [0.15, 0.2) is 5.65 Å². The van der Waals surface area contributed by atoms with Crippen molar-refractivity contribution in [2.45, 2.75) is 13.0 Å². The Kier molecular flexibility index (Phi) is 4.15. The summed E-state index contributed by atoms with van der Waals surface area (Å²) >= 11 is 12.0. The van der Waals surface area contributed by atoms with Crippen molar-refractivity contribution in [3.8, 4) is 5.69 Å². The summed E-state index contributed by atoms with van der Waals surface area (Å²) in [6, 6.07) is 5.24. The maximum absolute atomic E-state index is 9.37. The van der Waals surface area contributed by atoms with Gasteiger partial charge < -0.3 is 10.4 Å². The molecule has 3 aromatic rings. The number of hydrogen-bond donors (Lipinski definition) is 2. The van der Waals surface area contributed by atoms with Crippen LogP contribution < -0.4 is 5.32 Å². The lowest BCUT2D eigenvalue weighted by atomic mass is 10.3. The van der Waals surface area contributed by atoms with Crippen molar-refractivity contribution in [2.75, 3.05) is 11.9 Å². The molecule has 0 spiro atoms. The number of benzene rings is 1. The summed E-state index contributed by atoms with van der Waals surface area (Å²) in [6.45, 7) is 2.09. The van der Waals surface area contributed by atoms with E-state index in [-0.39, 0.29) is 0 Å². The predicted octanol–water partition coefficient (Wildman–Crippen LogP) is 2.92. The molecule has 0 aliphatic rings. The van der Waals surface area contributed by atoms with E-state index >= 15 is 0 Å². The van der Waals surface area contributed by atoms with Gasteiger partial charge in [0.05, 0.1) is 33.4 Å². The molecule has 2 aromatic heterocycles. The highest BCUT2D eigenvalue weighted by Crippen LogP contribution is 2.27. The minimum atomic E-state index is -0.477. The van der Waals surface area contributed by atoms with Crippen LogP contribution in [0.5, 0.6) is 0 Å². The molecule has 2 heterocycles. The molecule has 0 aliphatic carbocycles. The van der Waals surface area contributed by atoms with Crippen LogP contribution in [0.2, 0.25) is 10.0 Å². The number of anilines is 1. The van der Waals surface area contributed by atoms with Crippen LogP contribution in [0.4, 0.5) is 5.82 Å². The highest BCUT2D eigenvalue weighted by atomic mass is 35.5. The molecule has 0 saturated heterocycles. The van der Waals surface area contributed by atoms with Crippen LogP contribution in [-0.2, 0) is 0 Å². The molecule has 3 rings (SSSR count). The molecular formula is C14H13Cl2N5O. The Hall–Kier alpha value is -1.89. The minimum Gasteiger partial charge on any atom is -0.392 e. The fraction of sp³-hybridized carbons (Fsp3) is 0.214. The largest absolute Gasteiger partial charge is 0.392 e. The first kappa shape index (κ1) is 15.0. The van der Waals surface area contributed by atoms with Crippen LogP contribution in [0, 0.1) is 0 Å². The Labute approximate surface area is 136 Å². The number of nitrogens with zero attached hydrogens (tertiary/aromatic N) is 4. The van der Waals surface area contributed by atoms with Crippen molar-refractivity contribution < 1.29 is 5.11 Å². The average molecular weight is 338 g/mol. The van der Waals surface area contributed by atoms with Gasteiger partial charge in [-0.3, -0.25) is 0 Å². The number of fused-ring (bicyclic) bond motifs is 1. The van der Waals surface area contributed by atoms with Gasteiger partial charge in [-0.05, 0) is 25.1 Å². The summed E-state index contributed by atoms with van der Waals surface area (Å²) in [5, 5.41) is 18.5. The summed E-state index contributed by atoms with van der Waals surface area (Å²) in [5.74, 6) is 0.622. The van der Waals surface area contributed by atoms with E-state index in [1.165, 1.54) is 6.33 Å². The van der Waals surface area contributed by atoms with Crippen molar-refractivity contribution in [1.82, 2.24) is 19.7 Å². The monoisotopic (exact) mass is 337 g/mol. The van der Waals surface area contributed by atoms with Crippen LogP contribution in [0.1, 0.15) is 6.92 Å². The van der Waals surface area contributed by atoms with Crippen molar-refractivity contribution >= 4 is 40.1 Å². The molecule has 2 N–H and O–H groups in total. The first-order chi connectivity index (χ1) is 10.6. The van der Waals surface area contributed by atoms with Gasteiger partial charge in [-0.1, -0.05) is 23.2 Å². The van der Waals surface area contributed by atoms with E-state index in [0.717, 1.165) is 11.1 Å². The van der Waals surface area contributed by atoms with E-state index in [4.69, 9.17) is 23.2 Å². The molecule has 1 atom stereocenters. The second kappa shape index (κ2) is 6.08. The number of aliphatic hydroxyl groups excluding tert-OH is 1. The van der Waals surface area contributed by atoms with Gasteiger partial charge in [-0.25, -0.2) is 14.6 Å². The van der Waals surface area contributed by atoms with Gasteiger partial charge in [0.25, 0.3) is 0 Å². The molecule has 0 bridgehead atoms. The molecule has 0 fully saturated rings. The van der Waals surface area contributed by atoms with Gasteiger partial charge in [-0.2, -0.15) is 5.10 Å². The van der Waals surface area contributed by atoms with Gasteiger partial charge >= 0.3 is 0 Å². The van der Waals surface area contributed by atoms with Crippen molar-refractivity contribution in [3.05, 3.63) is 40.8 Å². The lowest BCUT2D eigenvalue weighted by Gasteiger charge is -2.08. The third kappa shape index (κ3) is 2.85. The van der Waals surface area contributed by atoms with E-state index < -0.39 is 6.10 Å². The van der Waals surface area contributed by atoms with Crippen LogP contribution in [0.3, 0.4) is 0 Å².